The van der Waals surface area contributed by atoms with Crippen molar-refractivity contribution in [3.8, 4) is 5.82 Å². The van der Waals surface area contributed by atoms with Crippen molar-refractivity contribution >= 4 is 11.6 Å². The van der Waals surface area contributed by atoms with Crippen LogP contribution in [0, 0.1) is 6.92 Å². The molecule has 0 unspecified atom stereocenters. The third-order valence-corrected chi connectivity index (χ3v) is 3.04. The van der Waals surface area contributed by atoms with Crippen LogP contribution in [0.1, 0.15) is 15.9 Å². The number of hydrogen-bond acceptors (Lipinski definition) is 3. The fraction of sp³-hybridized carbons (Fsp3) is 0.0625. The summed E-state index contributed by atoms with van der Waals surface area (Å²) in [4.78, 5) is 16.6. The van der Waals surface area contributed by atoms with Gasteiger partial charge in [-0.05, 0) is 37.3 Å². The molecule has 0 radical (unpaired) electrons. The second kappa shape index (κ2) is 5.58. The molecule has 3 rings (SSSR count). The second-order valence-electron chi connectivity index (χ2n) is 4.65. The number of anilines is 1. The first-order valence-electron chi connectivity index (χ1n) is 6.57. The van der Waals surface area contributed by atoms with Gasteiger partial charge in [0.2, 0.25) is 0 Å². The van der Waals surface area contributed by atoms with Crippen molar-refractivity contribution in [1.29, 1.82) is 0 Å². The Labute approximate surface area is 122 Å². The average molecular weight is 278 g/mol. The van der Waals surface area contributed by atoms with Crippen LogP contribution in [-0.4, -0.2) is 20.7 Å². The summed E-state index contributed by atoms with van der Waals surface area (Å²) in [6.07, 6.45) is 5.12. The van der Waals surface area contributed by atoms with Crippen molar-refractivity contribution in [2.45, 2.75) is 6.92 Å². The van der Waals surface area contributed by atoms with Crippen LogP contribution in [0.4, 0.5) is 5.69 Å². The van der Waals surface area contributed by atoms with Gasteiger partial charge >= 0.3 is 0 Å². The molecule has 1 amide bonds. The van der Waals surface area contributed by atoms with Crippen molar-refractivity contribution in [2.24, 2.45) is 0 Å². The van der Waals surface area contributed by atoms with Gasteiger partial charge in [-0.1, -0.05) is 17.7 Å². The number of hydrogen-bond donors (Lipinski definition) is 1. The van der Waals surface area contributed by atoms with Gasteiger partial charge in [0.1, 0.15) is 0 Å². The molecule has 0 aliphatic carbocycles. The minimum atomic E-state index is -0.167. The third-order valence-electron chi connectivity index (χ3n) is 3.04. The molecule has 0 fully saturated rings. The SMILES string of the molecule is Cc1cccc(C(=O)Nc2cccnc2-n2cccn2)c1. The van der Waals surface area contributed by atoms with Gasteiger partial charge in [-0.2, -0.15) is 5.10 Å². The predicted molar refractivity (Wildman–Crippen MR) is 80.5 cm³/mol. The normalized spacial score (nSPS) is 10.3. The van der Waals surface area contributed by atoms with E-state index in [1.54, 1.807) is 47.5 Å². The molecule has 1 aromatic carbocycles. The maximum absolute atomic E-state index is 12.3. The van der Waals surface area contributed by atoms with Crippen LogP contribution in [0.25, 0.3) is 5.82 Å². The number of rotatable bonds is 3. The van der Waals surface area contributed by atoms with E-state index < -0.39 is 0 Å². The number of carbonyl (C=O) groups excluding carboxylic acids is 1. The summed E-state index contributed by atoms with van der Waals surface area (Å²) in [6.45, 7) is 1.95. The van der Waals surface area contributed by atoms with Crippen LogP contribution in [0.15, 0.2) is 61.1 Å². The smallest absolute Gasteiger partial charge is 0.255 e. The molecule has 0 saturated heterocycles. The number of amides is 1. The lowest BCUT2D eigenvalue weighted by atomic mass is 10.1. The Morgan fingerprint density at radius 3 is 2.81 bits per heavy atom. The minimum Gasteiger partial charge on any atom is -0.319 e. The van der Waals surface area contributed by atoms with E-state index in [4.69, 9.17) is 0 Å². The van der Waals surface area contributed by atoms with E-state index in [1.807, 2.05) is 25.1 Å². The summed E-state index contributed by atoms with van der Waals surface area (Å²) in [7, 11) is 0. The van der Waals surface area contributed by atoms with Crippen molar-refractivity contribution in [3.63, 3.8) is 0 Å². The molecule has 2 aromatic heterocycles. The molecule has 5 heteroatoms. The van der Waals surface area contributed by atoms with Crippen LogP contribution in [0.2, 0.25) is 0 Å². The van der Waals surface area contributed by atoms with E-state index in [0.29, 0.717) is 17.1 Å². The molecular formula is C16H14N4O. The first kappa shape index (κ1) is 13.1. The molecule has 2 heterocycles. The van der Waals surface area contributed by atoms with E-state index in [2.05, 4.69) is 15.4 Å². The quantitative estimate of drug-likeness (QED) is 0.801. The highest BCUT2D eigenvalue weighted by Crippen LogP contribution is 2.17. The molecule has 0 atom stereocenters. The van der Waals surface area contributed by atoms with Crippen LogP contribution in [-0.2, 0) is 0 Å². The minimum absolute atomic E-state index is 0.167. The summed E-state index contributed by atoms with van der Waals surface area (Å²) in [5.74, 6) is 0.420. The van der Waals surface area contributed by atoms with Gasteiger partial charge in [-0.3, -0.25) is 4.79 Å². The van der Waals surface area contributed by atoms with Gasteiger partial charge in [0, 0.05) is 24.2 Å². The van der Waals surface area contributed by atoms with Gasteiger partial charge in [0.05, 0.1) is 5.69 Å². The Morgan fingerprint density at radius 2 is 2.05 bits per heavy atom. The highest BCUT2D eigenvalue weighted by atomic mass is 16.1. The van der Waals surface area contributed by atoms with Crippen molar-refractivity contribution in [1.82, 2.24) is 14.8 Å². The number of aromatic nitrogens is 3. The van der Waals surface area contributed by atoms with Gasteiger partial charge in [0.25, 0.3) is 5.91 Å². The van der Waals surface area contributed by atoms with Crippen LogP contribution < -0.4 is 5.32 Å². The maximum atomic E-state index is 12.3. The number of aryl methyl sites for hydroxylation is 1. The van der Waals surface area contributed by atoms with Gasteiger partial charge in [-0.25, -0.2) is 9.67 Å². The van der Waals surface area contributed by atoms with Crippen molar-refractivity contribution < 1.29 is 4.79 Å². The fourth-order valence-corrected chi connectivity index (χ4v) is 2.05. The highest BCUT2D eigenvalue weighted by molar-refractivity contribution is 6.05. The van der Waals surface area contributed by atoms with E-state index in [0.717, 1.165) is 5.56 Å². The van der Waals surface area contributed by atoms with Crippen LogP contribution in [0.3, 0.4) is 0 Å². The van der Waals surface area contributed by atoms with Gasteiger partial charge in [-0.15, -0.1) is 0 Å². The molecule has 0 bridgehead atoms. The van der Waals surface area contributed by atoms with E-state index >= 15 is 0 Å². The zero-order valence-electron chi connectivity index (χ0n) is 11.5. The number of nitrogens with one attached hydrogen (secondary N) is 1. The molecule has 21 heavy (non-hydrogen) atoms. The number of nitrogens with zero attached hydrogens (tertiary/aromatic N) is 3. The fourth-order valence-electron chi connectivity index (χ4n) is 2.05. The first-order valence-corrected chi connectivity index (χ1v) is 6.57. The Hall–Kier alpha value is -2.95. The van der Waals surface area contributed by atoms with Gasteiger partial charge < -0.3 is 5.32 Å². The number of benzene rings is 1. The Morgan fingerprint density at radius 1 is 1.14 bits per heavy atom. The first-order chi connectivity index (χ1) is 10.2. The molecule has 0 aliphatic rings. The molecule has 5 nitrogen and oxygen atoms in total. The number of pyridine rings is 1. The zero-order chi connectivity index (χ0) is 14.7. The zero-order valence-corrected chi connectivity index (χ0v) is 11.5. The van der Waals surface area contributed by atoms with E-state index in [9.17, 15) is 4.79 Å². The largest absolute Gasteiger partial charge is 0.319 e. The van der Waals surface area contributed by atoms with E-state index in [1.165, 1.54) is 0 Å². The third kappa shape index (κ3) is 2.81. The summed E-state index contributed by atoms with van der Waals surface area (Å²) in [5, 5.41) is 7.02. The lowest BCUT2D eigenvalue weighted by Crippen LogP contribution is -2.14. The topological polar surface area (TPSA) is 59.8 Å². The number of carbonyl (C=O) groups is 1. The average Bonchev–Trinajstić information content (AvgIpc) is 3.02. The molecule has 0 spiro atoms. The highest BCUT2D eigenvalue weighted by Gasteiger charge is 2.11. The predicted octanol–water partition coefficient (Wildman–Crippen LogP) is 2.83. The lowest BCUT2D eigenvalue weighted by molar-refractivity contribution is 0.102. The van der Waals surface area contributed by atoms with E-state index in [-0.39, 0.29) is 5.91 Å². The van der Waals surface area contributed by atoms with Crippen LogP contribution >= 0.6 is 0 Å². The van der Waals surface area contributed by atoms with Crippen molar-refractivity contribution in [2.75, 3.05) is 5.32 Å². The summed E-state index contributed by atoms with van der Waals surface area (Å²) in [5.41, 5.74) is 2.28. The molecule has 0 aliphatic heterocycles. The molecule has 0 saturated carbocycles. The van der Waals surface area contributed by atoms with Crippen LogP contribution in [0.5, 0.6) is 0 Å². The molecular weight excluding hydrogens is 264 g/mol. The lowest BCUT2D eigenvalue weighted by Gasteiger charge is -2.10. The molecule has 1 N–H and O–H groups in total. The Kier molecular flexibility index (Phi) is 3.47. The maximum Gasteiger partial charge on any atom is 0.255 e. The van der Waals surface area contributed by atoms with Crippen molar-refractivity contribution in [3.05, 3.63) is 72.2 Å². The molecule has 104 valence electrons. The summed E-state index contributed by atoms with van der Waals surface area (Å²) in [6, 6.07) is 12.8. The monoisotopic (exact) mass is 278 g/mol. The summed E-state index contributed by atoms with van der Waals surface area (Å²) >= 11 is 0. The Bertz CT molecular complexity index is 765. The molecule has 3 aromatic rings. The Balaban J connectivity index is 1.90. The van der Waals surface area contributed by atoms with Gasteiger partial charge in [0.15, 0.2) is 5.82 Å². The summed E-state index contributed by atoms with van der Waals surface area (Å²) < 4.78 is 1.62. The second-order valence-corrected chi connectivity index (χ2v) is 4.65. The standard InChI is InChI=1S/C16H14N4O/c1-12-5-2-6-13(11-12)16(21)19-14-7-3-8-17-15(14)20-10-4-9-18-20/h2-11H,1H3,(H,19,21).